The summed E-state index contributed by atoms with van der Waals surface area (Å²) in [5.41, 5.74) is 2.34. The van der Waals surface area contributed by atoms with Crippen molar-refractivity contribution in [3.05, 3.63) is 29.3 Å². The fourth-order valence-corrected chi connectivity index (χ4v) is 3.70. The summed E-state index contributed by atoms with van der Waals surface area (Å²) in [6, 6.07) is 6.25. The zero-order chi connectivity index (χ0) is 14.7. The predicted molar refractivity (Wildman–Crippen MR) is 85.7 cm³/mol. The van der Waals surface area contributed by atoms with Crippen molar-refractivity contribution >= 4 is 11.6 Å². The van der Waals surface area contributed by atoms with E-state index in [1.807, 2.05) is 6.07 Å². The number of hydrogen-bond donors (Lipinski definition) is 0. The summed E-state index contributed by atoms with van der Waals surface area (Å²) in [4.78, 5) is 2.51. The van der Waals surface area contributed by atoms with E-state index in [1.165, 1.54) is 25.1 Å². The lowest BCUT2D eigenvalue weighted by molar-refractivity contribution is 0.141. The molecule has 1 saturated heterocycles. The third kappa shape index (κ3) is 3.89. The monoisotopic (exact) mass is 295 g/mol. The summed E-state index contributed by atoms with van der Waals surface area (Å²) in [6.45, 7) is 10.0. The van der Waals surface area contributed by atoms with Gasteiger partial charge in [0.1, 0.15) is 5.75 Å². The van der Waals surface area contributed by atoms with Gasteiger partial charge in [0.2, 0.25) is 0 Å². The number of hydrogen-bond acceptors (Lipinski definition) is 2. The molecule has 2 nitrogen and oxygen atoms in total. The van der Waals surface area contributed by atoms with Crippen molar-refractivity contribution in [2.45, 2.75) is 32.6 Å². The lowest BCUT2D eigenvalue weighted by atomic mass is 9.91. The van der Waals surface area contributed by atoms with Crippen LogP contribution >= 0.6 is 11.6 Å². The molecule has 1 aromatic carbocycles. The number of benzene rings is 1. The number of likely N-dealkylation sites (tertiary alicyclic amines) is 1. The maximum atomic E-state index is 6.62. The highest BCUT2D eigenvalue weighted by atomic mass is 35.5. The average molecular weight is 296 g/mol. The average Bonchev–Trinajstić information content (AvgIpc) is 2.37. The number of piperidine rings is 1. The minimum atomic E-state index is 0.0529. The molecule has 0 saturated carbocycles. The SMILES string of the molecule is COc1ccc(C(Cl)CN2CC(C)CC(C)C2)cc1C. The Morgan fingerprint density at radius 2 is 1.95 bits per heavy atom. The highest BCUT2D eigenvalue weighted by Crippen LogP contribution is 2.29. The molecule has 1 aromatic rings. The molecule has 0 aromatic heterocycles. The molecule has 1 fully saturated rings. The molecule has 0 amide bonds. The first-order valence-electron chi connectivity index (χ1n) is 7.50. The van der Waals surface area contributed by atoms with Crippen LogP contribution in [0.5, 0.6) is 5.75 Å². The molecule has 2 rings (SSSR count). The molecule has 0 bridgehead atoms. The highest BCUT2D eigenvalue weighted by Gasteiger charge is 2.24. The van der Waals surface area contributed by atoms with Gasteiger partial charge in [-0.1, -0.05) is 26.0 Å². The van der Waals surface area contributed by atoms with Gasteiger partial charge in [0.25, 0.3) is 0 Å². The van der Waals surface area contributed by atoms with Gasteiger partial charge in [-0.05, 0) is 42.4 Å². The Balaban J connectivity index is 2.00. The second-order valence-electron chi connectivity index (χ2n) is 6.36. The van der Waals surface area contributed by atoms with Gasteiger partial charge in [-0.3, -0.25) is 0 Å². The Morgan fingerprint density at radius 1 is 1.30 bits per heavy atom. The lowest BCUT2D eigenvalue weighted by Gasteiger charge is -2.36. The maximum absolute atomic E-state index is 6.62. The number of aryl methyl sites for hydroxylation is 1. The summed E-state index contributed by atoms with van der Waals surface area (Å²) >= 11 is 6.62. The second kappa shape index (κ2) is 6.82. The van der Waals surface area contributed by atoms with Crippen molar-refractivity contribution in [3.8, 4) is 5.75 Å². The van der Waals surface area contributed by atoms with E-state index in [-0.39, 0.29) is 5.38 Å². The molecule has 0 radical (unpaired) electrons. The second-order valence-corrected chi connectivity index (χ2v) is 6.89. The number of halogens is 1. The van der Waals surface area contributed by atoms with Gasteiger partial charge in [0.15, 0.2) is 0 Å². The number of rotatable bonds is 4. The van der Waals surface area contributed by atoms with Gasteiger partial charge >= 0.3 is 0 Å². The largest absolute Gasteiger partial charge is 0.496 e. The van der Waals surface area contributed by atoms with Crippen molar-refractivity contribution in [1.29, 1.82) is 0 Å². The highest BCUT2D eigenvalue weighted by molar-refractivity contribution is 6.21. The first-order valence-corrected chi connectivity index (χ1v) is 7.94. The van der Waals surface area contributed by atoms with E-state index < -0.39 is 0 Å². The molecule has 20 heavy (non-hydrogen) atoms. The van der Waals surface area contributed by atoms with Gasteiger partial charge in [-0.25, -0.2) is 0 Å². The Kier molecular flexibility index (Phi) is 5.34. The van der Waals surface area contributed by atoms with E-state index in [9.17, 15) is 0 Å². The third-order valence-corrected chi connectivity index (χ3v) is 4.53. The van der Waals surface area contributed by atoms with Crippen LogP contribution in [-0.2, 0) is 0 Å². The van der Waals surface area contributed by atoms with Crippen LogP contribution in [0.2, 0.25) is 0 Å². The molecule has 1 aliphatic rings. The molecular formula is C17H26ClNO. The Morgan fingerprint density at radius 3 is 2.50 bits per heavy atom. The quantitative estimate of drug-likeness (QED) is 0.770. The van der Waals surface area contributed by atoms with Crippen LogP contribution in [0.3, 0.4) is 0 Å². The van der Waals surface area contributed by atoms with E-state index in [4.69, 9.17) is 16.3 Å². The van der Waals surface area contributed by atoms with E-state index in [0.717, 1.165) is 29.7 Å². The minimum absolute atomic E-state index is 0.0529. The van der Waals surface area contributed by atoms with Gasteiger partial charge in [-0.2, -0.15) is 0 Å². The van der Waals surface area contributed by atoms with Gasteiger partial charge in [0.05, 0.1) is 12.5 Å². The van der Waals surface area contributed by atoms with Crippen molar-refractivity contribution < 1.29 is 4.74 Å². The van der Waals surface area contributed by atoms with Crippen molar-refractivity contribution in [3.63, 3.8) is 0 Å². The topological polar surface area (TPSA) is 12.5 Å². The number of ether oxygens (including phenoxy) is 1. The van der Waals surface area contributed by atoms with Crippen LogP contribution < -0.4 is 4.74 Å². The van der Waals surface area contributed by atoms with Crippen LogP contribution in [0.25, 0.3) is 0 Å². The summed E-state index contributed by atoms with van der Waals surface area (Å²) in [7, 11) is 1.71. The molecular weight excluding hydrogens is 270 g/mol. The molecule has 1 heterocycles. The van der Waals surface area contributed by atoms with Crippen LogP contribution in [0.15, 0.2) is 18.2 Å². The van der Waals surface area contributed by atoms with Crippen LogP contribution in [0.1, 0.15) is 36.8 Å². The maximum Gasteiger partial charge on any atom is 0.121 e. The fraction of sp³-hybridized carbons (Fsp3) is 0.647. The fourth-order valence-electron chi connectivity index (χ4n) is 3.37. The smallest absolute Gasteiger partial charge is 0.121 e. The lowest BCUT2D eigenvalue weighted by Crippen LogP contribution is -2.40. The van der Waals surface area contributed by atoms with E-state index >= 15 is 0 Å². The molecule has 112 valence electrons. The predicted octanol–water partition coefficient (Wildman–Crippen LogP) is 4.26. The molecule has 0 N–H and O–H groups in total. The molecule has 0 spiro atoms. The van der Waals surface area contributed by atoms with Crippen LogP contribution in [-0.4, -0.2) is 31.6 Å². The van der Waals surface area contributed by atoms with Gasteiger partial charge in [0, 0.05) is 19.6 Å². The number of methoxy groups -OCH3 is 1. The van der Waals surface area contributed by atoms with E-state index in [1.54, 1.807) is 7.11 Å². The molecule has 3 unspecified atom stereocenters. The zero-order valence-corrected chi connectivity index (χ0v) is 13.8. The van der Waals surface area contributed by atoms with Crippen molar-refractivity contribution in [1.82, 2.24) is 4.90 Å². The zero-order valence-electron chi connectivity index (χ0n) is 13.0. The van der Waals surface area contributed by atoms with E-state index in [2.05, 4.69) is 37.8 Å². The Bertz CT molecular complexity index is 439. The number of alkyl halides is 1. The summed E-state index contributed by atoms with van der Waals surface area (Å²) in [6.07, 6.45) is 1.34. The van der Waals surface area contributed by atoms with E-state index in [0.29, 0.717) is 0 Å². The third-order valence-electron chi connectivity index (χ3n) is 4.14. The van der Waals surface area contributed by atoms with Gasteiger partial charge in [-0.15, -0.1) is 11.6 Å². The molecule has 0 aliphatic carbocycles. The summed E-state index contributed by atoms with van der Waals surface area (Å²) in [5, 5.41) is 0.0529. The standard InChI is InChI=1S/C17H26ClNO/c1-12-7-13(2)10-19(9-12)11-16(18)15-5-6-17(20-4)14(3)8-15/h5-6,8,12-13,16H,7,9-11H2,1-4H3. The molecule has 1 aliphatic heterocycles. The van der Waals surface area contributed by atoms with Gasteiger partial charge < -0.3 is 9.64 Å². The van der Waals surface area contributed by atoms with Crippen molar-refractivity contribution in [2.24, 2.45) is 11.8 Å². The number of nitrogens with zero attached hydrogens (tertiary/aromatic N) is 1. The normalized spacial score (nSPS) is 25.4. The summed E-state index contributed by atoms with van der Waals surface area (Å²) in [5.74, 6) is 2.48. The Hall–Kier alpha value is -0.730. The first kappa shape index (κ1) is 15.7. The van der Waals surface area contributed by atoms with Crippen molar-refractivity contribution in [2.75, 3.05) is 26.7 Å². The first-order chi connectivity index (χ1) is 9.49. The Labute approximate surface area is 128 Å². The summed E-state index contributed by atoms with van der Waals surface area (Å²) < 4.78 is 5.30. The van der Waals surface area contributed by atoms with Crippen LogP contribution in [0, 0.1) is 18.8 Å². The van der Waals surface area contributed by atoms with Crippen LogP contribution in [0.4, 0.5) is 0 Å². The molecule has 3 atom stereocenters. The minimum Gasteiger partial charge on any atom is -0.496 e. The molecule has 3 heteroatoms.